The van der Waals surface area contributed by atoms with Crippen molar-refractivity contribution in [2.24, 2.45) is 0 Å². The average molecular weight is 357 g/mol. The minimum absolute atomic E-state index is 0.00399. The zero-order valence-corrected chi connectivity index (χ0v) is 16.3. The number of aromatic nitrogens is 1. The largest absolute Gasteiger partial charge is 0.414 e. The highest BCUT2D eigenvalue weighted by Gasteiger charge is 2.38. The minimum atomic E-state index is -3.66. The molecule has 0 aliphatic heterocycles. The number of pyridine rings is 1. The van der Waals surface area contributed by atoms with Crippen LogP contribution in [0.25, 0.3) is 4.85 Å². The van der Waals surface area contributed by atoms with E-state index in [9.17, 15) is 8.42 Å². The lowest BCUT2D eigenvalue weighted by Crippen LogP contribution is -2.42. The average Bonchev–Trinajstić information content (AvgIpc) is 2.41. The molecule has 1 aromatic rings. The highest BCUT2D eigenvalue weighted by atomic mass is 32.2. The molecule has 0 saturated carbocycles. The van der Waals surface area contributed by atoms with E-state index in [2.05, 4.69) is 43.7 Å². The van der Waals surface area contributed by atoms with Crippen LogP contribution in [0.3, 0.4) is 0 Å². The van der Waals surface area contributed by atoms with Crippen molar-refractivity contribution < 1.29 is 17.0 Å². The first-order valence-corrected chi connectivity index (χ1v) is 11.9. The molecule has 0 bridgehead atoms. The minimum Gasteiger partial charge on any atom is -0.414 e. The van der Waals surface area contributed by atoms with Gasteiger partial charge in [-0.15, -0.1) is 0 Å². The Morgan fingerprint density at radius 1 is 1.35 bits per heavy atom. The van der Waals surface area contributed by atoms with E-state index in [1.165, 1.54) is 6.20 Å². The summed E-state index contributed by atoms with van der Waals surface area (Å²) in [6.45, 7) is 17.5. The molecule has 128 valence electrons. The van der Waals surface area contributed by atoms with Crippen molar-refractivity contribution >= 4 is 24.1 Å². The third-order valence-electron chi connectivity index (χ3n) is 3.92. The fourth-order valence-electron chi connectivity index (χ4n) is 1.53. The lowest BCUT2D eigenvalue weighted by atomic mass is 10.2. The van der Waals surface area contributed by atoms with Crippen molar-refractivity contribution in [3.05, 3.63) is 35.4 Å². The van der Waals surface area contributed by atoms with Gasteiger partial charge in [-0.25, -0.2) is 4.85 Å². The molecule has 0 N–H and O–H groups in total. The summed E-state index contributed by atoms with van der Waals surface area (Å²) in [5.74, 6) is 0. The zero-order chi connectivity index (χ0) is 17.9. The van der Waals surface area contributed by atoms with Crippen LogP contribution in [0.5, 0.6) is 0 Å². The Hall–Kier alpha value is -1.27. The summed E-state index contributed by atoms with van der Waals surface area (Å²) in [5.41, 5.74) is 0.818. The van der Waals surface area contributed by atoms with Crippen LogP contribution in [-0.4, -0.2) is 34.6 Å². The van der Waals surface area contributed by atoms with Crippen LogP contribution < -0.4 is 0 Å². The maximum Gasteiger partial charge on any atom is 0.265 e. The molecule has 0 fully saturated rings. The van der Waals surface area contributed by atoms with Gasteiger partial charge in [-0.05, 0) is 24.2 Å². The summed E-state index contributed by atoms with van der Waals surface area (Å²) in [5, 5.41) is 0.00399. The highest BCUT2D eigenvalue weighted by Crippen LogP contribution is 2.37. The predicted molar refractivity (Wildman–Crippen MR) is 92.3 cm³/mol. The second-order valence-electron chi connectivity index (χ2n) is 6.91. The van der Waals surface area contributed by atoms with Crippen LogP contribution in [0.4, 0.5) is 5.69 Å². The lowest BCUT2D eigenvalue weighted by molar-refractivity contribution is 0.124. The van der Waals surface area contributed by atoms with Gasteiger partial charge >= 0.3 is 0 Å². The van der Waals surface area contributed by atoms with Gasteiger partial charge < -0.3 is 4.43 Å². The van der Waals surface area contributed by atoms with Gasteiger partial charge in [-0.2, -0.15) is 8.42 Å². The fraction of sp³-hybridized carbons (Fsp3) is 0.600. The summed E-state index contributed by atoms with van der Waals surface area (Å²) >= 11 is 0. The van der Waals surface area contributed by atoms with Crippen LogP contribution in [0, 0.1) is 6.57 Å². The zero-order valence-electron chi connectivity index (χ0n) is 14.5. The number of nitrogens with zero attached hydrogens (tertiary/aromatic N) is 2. The summed E-state index contributed by atoms with van der Waals surface area (Å²) in [6, 6.07) is 3.18. The van der Waals surface area contributed by atoms with E-state index >= 15 is 0 Å². The van der Waals surface area contributed by atoms with Crippen molar-refractivity contribution in [2.75, 3.05) is 12.9 Å². The molecule has 0 spiro atoms. The Morgan fingerprint density at radius 3 is 2.35 bits per heavy atom. The van der Waals surface area contributed by atoms with E-state index < -0.39 is 24.5 Å². The summed E-state index contributed by atoms with van der Waals surface area (Å²) in [4.78, 5) is 7.40. The third-order valence-corrected chi connectivity index (χ3v) is 9.01. The van der Waals surface area contributed by atoms with Crippen LogP contribution >= 0.6 is 0 Å². The molecule has 0 unspecified atom stereocenters. The molecule has 23 heavy (non-hydrogen) atoms. The van der Waals surface area contributed by atoms with Crippen LogP contribution in [0.1, 0.15) is 32.6 Å². The van der Waals surface area contributed by atoms with Crippen molar-refractivity contribution in [2.45, 2.75) is 45.0 Å². The van der Waals surface area contributed by atoms with Gasteiger partial charge in [-0.1, -0.05) is 26.8 Å². The molecule has 0 amide bonds. The molecule has 0 aromatic carbocycles. The quantitative estimate of drug-likeness (QED) is 0.442. The number of rotatable bonds is 6. The van der Waals surface area contributed by atoms with Gasteiger partial charge in [0.05, 0.1) is 25.1 Å². The number of hydrogen-bond donors (Lipinski definition) is 0. The van der Waals surface area contributed by atoms with Crippen molar-refractivity contribution in [1.82, 2.24) is 4.98 Å². The molecule has 0 saturated heterocycles. The third kappa shape index (κ3) is 6.03. The van der Waals surface area contributed by atoms with Gasteiger partial charge in [0.1, 0.15) is 6.10 Å². The standard InChI is InChI=1S/C15H24N2O4SSi/c1-15(2,3)23(6,7)20-11-14(21-22(5,18)19)13-9-8-12(16-4)10-17-13/h8-10,14H,11H2,1-3,5-7H3/t14-/m0/s1. The molecule has 0 aliphatic rings. The normalized spacial score (nSPS) is 14.3. The molecule has 1 aromatic heterocycles. The van der Waals surface area contributed by atoms with Gasteiger partial charge in [0, 0.05) is 6.20 Å². The second kappa shape index (κ2) is 7.09. The predicted octanol–water partition coefficient (Wildman–Crippen LogP) is 3.67. The van der Waals surface area contributed by atoms with E-state index in [1.54, 1.807) is 12.1 Å². The Morgan fingerprint density at radius 2 is 1.96 bits per heavy atom. The Bertz CT molecular complexity index is 673. The maximum atomic E-state index is 11.5. The van der Waals surface area contributed by atoms with E-state index in [0.29, 0.717) is 11.4 Å². The Balaban J connectivity index is 3.00. The molecule has 1 atom stereocenters. The Kier molecular flexibility index (Phi) is 6.10. The van der Waals surface area contributed by atoms with Crippen LogP contribution in [0.2, 0.25) is 18.1 Å². The van der Waals surface area contributed by atoms with Crippen molar-refractivity contribution in [3.63, 3.8) is 0 Å². The smallest absolute Gasteiger partial charge is 0.265 e. The van der Waals surface area contributed by atoms with E-state index in [-0.39, 0.29) is 11.6 Å². The molecular weight excluding hydrogens is 332 g/mol. The van der Waals surface area contributed by atoms with Gasteiger partial charge in [0.15, 0.2) is 8.32 Å². The number of hydrogen-bond acceptors (Lipinski definition) is 5. The topological polar surface area (TPSA) is 69.8 Å². The second-order valence-corrected chi connectivity index (χ2v) is 13.3. The van der Waals surface area contributed by atoms with Crippen LogP contribution in [-0.2, 0) is 18.7 Å². The van der Waals surface area contributed by atoms with E-state index in [0.717, 1.165) is 6.26 Å². The first-order chi connectivity index (χ1) is 10.4. The molecular formula is C15H24N2O4SSi. The lowest BCUT2D eigenvalue weighted by Gasteiger charge is -2.37. The van der Waals surface area contributed by atoms with E-state index in [1.807, 2.05) is 0 Å². The molecule has 1 heterocycles. The van der Waals surface area contributed by atoms with Gasteiger partial charge in [0.25, 0.3) is 10.1 Å². The molecule has 1 rings (SSSR count). The molecule has 0 aliphatic carbocycles. The molecule has 0 radical (unpaired) electrons. The highest BCUT2D eigenvalue weighted by molar-refractivity contribution is 7.86. The van der Waals surface area contributed by atoms with Crippen molar-refractivity contribution in [1.29, 1.82) is 0 Å². The van der Waals surface area contributed by atoms with Crippen molar-refractivity contribution in [3.8, 4) is 0 Å². The SMILES string of the molecule is [C-]#[N+]c1ccc([C@H](CO[Si](C)(C)C(C)(C)C)OS(C)(=O)=O)nc1. The summed E-state index contributed by atoms with van der Waals surface area (Å²) in [7, 11) is -5.70. The fourth-order valence-corrected chi connectivity index (χ4v) is 3.11. The van der Waals surface area contributed by atoms with Crippen LogP contribution in [0.15, 0.2) is 18.3 Å². The van der Waals surface area contributed by atoms with Gasteiger partial charge in [0.2, 0.25) is 5.69 Å². The van der Waals surface area contributed by atoms with E-state index in [4.69, 9.17) is 15.2 Å². The molecule has 8 heteroatoms. The summed E-state index contributed by atoms with van der Waals surface area (Å²) in [6.07, 6.45) is 1.58. The first kappa shape index (κ1) is 19.8. The Labute approximate surface area is 139 Å². The first-order valence-electron chi connectivity index (χ1n) is 7.21. The van der Waals surface area contributed by atoms with Gasteiger partial charge in [-0.3, -0.25) is 9.17 Å². The molecule has 6 nitrogen and oxygen atoms in total. The monoisotopic (exact) mass is 356 g/mol. The summed E-state index contributed by atoms with van der Waals surface area (Å²) < 4.78 is 34.2. The maximum absolute atomic E-state index is 11.5.